The molecule has 0 amide bonds. The summed E-state index contributed by atoms with van der Waals surface area (Å²) in [6, 6.07) is 6.29. The highest BCUT2D eigenvalue weighted by Gasteiger charge is 2.03. The molecule has 0 N–H and O–H groups in total. The monoisotopic (exact) mass is 160 g/mol. The Bertz CT molecular complexity index is 398. The zero-order valence-electron chi connectivity index (χ0n) is 7.42. The van der Waals surface area contributed by atoms with Gasteiger partial charge in [-0.1, -0.05) is 19.1 Å². The van der Waals surface area contributed by atoms with Crippen LogP contribution in [0.5, 0.6) is 0 Å². The molecule has 2 aromatic rings. The zero-order valence-corrected chi connectivity index (χ0v) is 7.42. The van der Waals surface area contributed by atoms with Gasteiger partial charge in [-0.05, 0) is 30.5 Å². The maximum absolute atomic E-state index is 5.39. The van der Waals surface area contributed by atoms with Gasteiger partial charge in [-0.15, -0.1) is 0 Å². The second kappa shape index (κ2) is 2.67. The minimum Gasteiger partial charge on any atom is -0.464 e. The summed E-state index contributed by atoms with van der Waals surface area (Å²) in [6.45, 7) is 4.28. The summed E-state index contributed by atoms with van der Waals surface area (Å²) >= 11 is 0. The molecule has 12 heavy (non-hydrogen) atoms. The molecule has 1 heterocycles. The van der Waals surface area contributed by atoms with E-state index < -0.39 is 0 Å². The Morgan fingerprint density at radius 1 is 1.25 bits per heavy atom. The van der Waals surface area contributed by atoms with Gasteiger partial charge in [0.25, 0.3) is 0 Å². The van der Waals surface area contributed by atoms with Crippen molar-refractivity contribution in [3.63, 3.8) is 0 Å². The summed E-state index contributed by atoms with van der Waals surface area (Å²) in [5, 5.41) is 1.20. The molecular formula is C11H12O. The molecule has 0 atom stereocenters. The first-order chi connectivity index (χ1) is 5.83. The smallest absolute Gasteiger partial charge is 0.137 e. The van der Waals surface area contributed by atoms with Crippen LogP contribution in [-0.4, -0.2) is 0 Å². The summed E-state index contributed by atoms with van der Waals surface area (Å²) in [5.41, 5.74) is 3.69. The molecule has 0 aliphatic rings. The maximum atomic E-state index is 5.39. The van der Waals surface area contributed by atoms with E-state index in [-0.39, 0.29) is 0 Å². The molecule has 1 aromatic heterocycles. The molecule has 0 saturated carbocycles. The third-order valence-electron chi connectivity index (χ3n) is 2.36. The third-order valence-corrected chi connectivity index (χ3v) is 2.36. The van der Waals surface area contributed by atoms with E-state index in [1.807, 2.05) is 6.07 Å². The van der Waals surface area contributed by atoms with Crippen LogP contribution in [-0.2, 0) is 6.42 Å². The lowest BCUT2D eigenvalue weighted by Crippen LogP contribution is -1.85. The first-order valence-corrected chi connectivity index (χ1v) is 4.28. The van der Waals surface area contributed by atoms with Gasteiger partial charge < -0.3 is 4.42 Å². The second-order valence-electron chi connectivity index (χ2n) is 3.04. The van der Waals surface area contributed by atoms with E-state index in [0.717, 1.165) is 12.0 Å². The van der Waals surface area contributed by atoms with Crippen molar-refractivity contribution < 1.29 is 4.42 Å². The Balaban J connectivity index is 2.78. The minimum atomic E-state index is 1.04. The van der Waals surface area contributed by atoms with Crippen molar-refractivity contribution in [2.75, 3.05) is 0 Å². The van der Waals surface area contributed by atoms with E-state index in [1.165, 1.54) is 16.5 Å². The molecule has 0 spiro atoms. The lowest BCUT2D eigenvalue weighted by atomic mass is 10.0. The first-order valence-electron chi connectivity index (χ1n) is 4.28. The van der Waals surface area contributed by atoms with Crippen molar-refractivity contribution in [1.29, 1.82) is 0 Å². The van der Waals surface area contributed by atoms with Crippen LogP contribution < -0.4 is 0 Å². The lowest BCUT2D eigenvalue weighted by Gasteiger charge is -2.01. The molecular weight excluding hydrogens is 148 g/mol. The highest BCUT2D eigenvalue weighted by molar-refractivity contribution is 5.81. The fourth-order valence-corrected chi connectivity index (χ4v) is 1.60. The van der Waals surface area contributed by atoms with Crippen LogP contribution in [0.15, 0.2) is 28.9 Å². The maximum Gasteiger partial charge on any atom is 0.137 e. The van der Waals surface area contributed by atoms with Crippen LogP contribution in [0.1, 0.15) is 18.1 Å². The number of fused-ring (bicyclic) bond motifs is 1. The number of aryl methyl sites for hydroxylation is 2. The molecule has 62 valence electrons. The van der Waals surface area contributed by atoms with Crippen molar-refractivity contribution >= 4 is 11.0 Å². The minimum absolute atomic E-state index is 1.04. The molecule has 1 heteroatoms. The molecule has 0 saturated heterocycles. The molecule has 0 aliphatic carbocycles. The molecule has 1 aromatic carbocycles. The quantitative estimate of drug-likeness (QED) is 0.623. The van der Waals surface area contributed by atoms with Gasteiger partial charge in [0, 0.05) is 5.39 Å². The number of benzene rings is 1. The van der Waals surface area contributed by atoms with E-state index in [2.05, 4.69) is 26.0 Å². The predicted octanol–water partition coefficient (Wildman–Crippen LogP) is 3.30. The average molecular weight is 160 g/mol. The normalized spacial score (nSPS) is 10.8. The van der Waals surface area contributed by atoms with Gasteiger partial charge in [0.15, 0.2) is 0 Å². The van der Waals surface area contributed by atoms with Gasteiger partial charge in [0.2, 0.25) is 0 Å². The first kappa shape index (κ1) is 7.41. The van der Waals surface area contributed by atoms with E-state index in [9.17, 15) is 0 Å². The molecule has 0 aliphatic heterocycles. The lowest BCUT2D eigenvalue weighted by molar-refractivity contribution is 0.612. The van der Waals surface area contributed by atoms with Crippen LogP contribution in [0, 0.1) is 6.92 Å². The van der Waals surface area contributed by atoms with Gasteiger partial charge >= 0.3 is 0 Å². The summed E-state index contributed by atoms with van der Waals surface area (Å²) in [5.74, 6) is 0. The molecule has 2 rings (SSSR count). The number of hydrogen-bond acceptors (Lipinski definition) is 1. The standard InChI is InChI=1S/C11H12O/c1-3-9-4-5-10-6-7-12-11(10)8(9)2/h4-7H,3H2,1-2H3. The largest absolute Gasteiger partial charge is 0.464 e. The zero-order chi connectivity index (χ0) is 8.55. The number of furan rings is 1. The van der Waals surface area contributed by atoms with Crippen molar-refractivity contribution in [2.24, 2.45) is 0 Å². The van der Waals surface area contributed by atoms with Gasteiger partial charge in [-0.25, -0.2) is 0 Å². The van der Waals surface area contributed by atoms with E-state index in [0.29, 0.717) is 0 Å². The Labute approximate surface area is 72.0 Å². The topological polar surface area (TPSA) is 13.1 Å². The molecule has 1 nitrogen and oxygen atoms in total. The predicted molar refractivity (Wildman–Crippen MR) is 50.3 cm³/mol. The van der Waals surface area contributed by atoms with Crippen molar-refractivity contribution in [3.05, 3.63) is 35.6 Å². The summed E-state index contributed by atoms with van der Waals surface area (Å²) in [6.07, 6.45) is 2.82. The van der Waals surface area contributed by atoms with Gasteiger partial charge in [-0.2, -0.15) is 0 Å². The molecule has 0 bridgehead atoms. The van der Waals surface area contributed by atoms with Crippen molar-refractivity contribution in [3.8, 4) is 0 Å². The SMILES string of the molecule is CCc1ccc2ccoc2c1C. The highest BCUT2D eigenvalue weighted by atomic mass is 16.3. The highest BCUT2D eigenvalue weighted by Crippen LogP contribution is 2.22. The summed E-state index contributed by atoms with van der Waals surface area (Å²) < 4.78 is 5.39. The van der Waals surface area contributed by atoms with E-state index >= 15 is 0 Å². The van der Waals surface area contributed by atoms with Crippen LogP contribution in [0.3, 0.4) is 0 Å². The van der Waals surface area contributed by atoms with Crippen LogP contribution >= 0.6 is 0 Å². The average Bonchev–Trinajstić information content (AvgIpc) is 2.53. The van der Waals surface area contributed by atoms with E-state index in [1.54, 1.807) is 6.26 Å². The van der Waals surface area contributed by atoms with E-state index in [4.69, 9.17) is 4.42 Å². The Morgan fingerprint density at radius 2 is 2.08 bits per heavy atom. The number of rotatable bonds is 1. The van der Waals surface area contributed by atoms with Crippen LogP contribution in [0.25, 0.3) is 11.0 Å². The molecule has 0 fully saturated rings. The fourth-order valence-electron chi connectivity index (χ4n) is 1.60. The van der Waals surface area contributed by atoms with Gasteiger partial charge in [-0.3, -0.25) is 0 Å². The Hall–Kier alpha value is -1.24. The summed E-state index contributed by atoms with van der Waals surface area (Å²) in [4.78, 5) is 0. The Morgan fingerprint density at radius 3 is 2.83 bits per heavy atom. The van der Waals surface area contributed by atoms with Crippen LogP contribution in [0.2, 0.25) is 0 Å². The van der Waals surface area contributed by atoms with Crippen LogP contribution in [0.4, 0.5) is 0 Å². The third kappa shape index (κ3) is 0.934. The molecule has 0 unspecified atom stereocenters. The van der Waals surface area contributed by atoms with Crippen molar-refractivity contribution in [2.45, 2.75) is 20.3 Å². The van der Waals surface area contributed by atoms with Gasteiger partial charge in [0.05, 0.1) is 6.26 Å². The van der Waals surface area contributed by atoms with Crippen molar-refractivity contribution in [1.82, 2.24) is 0 Å². The molecule has 0 radical (unpaired) electrons. The Kier molecular flexibility index (Phi) is 1.65. The second-order valence-corrected chi connectivity index (χ2v) is 3.04. The number of hydrogen-bond donors (Lipinski definition) is 0. The van der Waals surface area contributed by atoms with Gasteiger partial charge in [0.1, 0.15) is 5.58 Å². The summed E-state index contributed by atoms with van der Waals surface area (Å²) in [7, 11) is 0. The fraction of sp³-hybridized carbons (Fsp3) is 0.273.